The molecule has 0 aliphatic rings. The highest BCUT2D eigenvalue weighted by atomic mass is 19.1. The lowest BCUT2D eigenvalue weighted by atomic mass is 10.0. The first-order valence-electron chi connectivity index (χ1n) is 6.51. The van der Waals surface area contributed by atoms with Crippen molar-refractivity contribution in [2.24, 2.45) is 0 Å². The van der Waals surface area contributed by atoms with Crippen molar-refractivity contribution in [2.45, 2.75) is 25.9 Å². The molecule has 0 aliphatic carbocycles. The van der Waals surface area contributed by atoms with Crippen molar-refractivity contribution in [1.82, 2.24) is 5.32 Å². The van der Waals surface area contributed by atoms with E-state index in [0.717, 1.165) is 5.56 Å². The summed E-state index contributed by atoms with van der Waals surface area (Å²) in [7, 11) is 0. The number of aromatic hydroxyl groups is 2. The topological polar surface area (TPSA) is 52.5 Å². The summed E-state index contributed by atoms with van der Waals surface area (Å²) in [6.07, 6.45) is 0. The Balaban J connectivity index is 2.17. The maximum Gasteiger partial charge on any atom is 0.124 e. The smallest absolute Gasteiger partial charge is 0.124 e. The highest BCUT2D eigenvalue weighted by molar-refractivity contribution is 5.45. The second-order valence-electron chi connectivity index (χ2n) is 4.87. The van der Waals surface area contributed by atoms with E-state index in [-0.39, 0.29) is 29.4 Å². The SMILES string of the molecule is CC(NC(C)c1c(O)cccc1O)c1cccc(F)c1. The summed E-state index contributed by atoms with van der Waals surface area (Å²) in [5.74, 6) is -0.206. The average Bonchev–Trinajstić information content (AvgIpc) is 2.38. The molecule has 0 saturated heterocycles. The van der Waals surface area contributed by atoms with Gasteiger partial charge in [-0.05, 0) is 43.7 Å². The minimum Gasteiger partial charge on any atom is -0.507 e. The molecule has 4 heteroatoms. The normalized spacial score (nSPS) is 13.9. The number of phenolic OH excluding ortho intramolecular Hbond substituents is 2. The van der Waals surface area contributed by atoms with Crippen molar-refractivity contribution in [3.05, 3.63) is 59.4 Å². The van der Waals surface area contributed by atoms with Crippen LogP contribution in [0.25, 0.3) is 0 Å². The lowest BCUT2D eigenvalue weighted by molar-refractivity contribution is 0.407. The van der Waals surface area contributed by atoms with Gasteiger partial charge in [0.2, 0.25) is 0 Å². The van der Waals surface area contributed by atoms with Gasteiger partial charge in [0.1, 0.15) is 17.3 Å². The molecule has 2 atom stereocenters. The Hall–Kier alpha value is -2.07. The molecule has 0 aliphatic heterocycles. The molecule has 106 valence electrons. The van der Waals surface area contributed by atoms with Gasteiger partial charge in [-0.3, -0.25) is 0 Å². The third-order valence-corrected chi connectivity index (χ3v) is 3.34. The van der Waals surface area contributed by atoms with Gasteiger partial charge in [0, 0.05) is 12.1 Å². The molecule has 0 saturated carbocycles. The van der Waals surface area contributed by atoms with Crippen molar-refractivity contribution in [2.75, 3.05) is 0 Å². The van der Waals surface area contributed by atoms with E-state index in [1.54, 1.807) is 12.1 Å². The Morgan fingerprint density at radius 3 is 2.15 bits per heavy atom. The maximum atomic E-state index is 13.2. The molecule has 0 aromatic heterocycles. The fourth-order valence-corrected chi connectivity index (χ4v) is 2.32. The van der Waals surface area contributed by atoms with Crippen LogP contribution in [0.5, 0.6) is 11.5 Å². The Morgan fingerprint density at radius 1 is 0.950 bits per heavy atom. The van der Waals surface area contributed by atoms with E-state index in [4.69, 9.17) is 0 Å². The van der Waals surface area contributed by atoms with Crippen LogP contribution < -0.4 is 5.32 Å². The second kappa shape index (κ2) is 5.92. The fraction of sp³-hybridized carbons (Fsp3) is 0.250. The van der Waals surface area contributed by atoms with E-state index in [0.29, 0.717) is 5.56 Å². The Kier molecular flexibility index (Phi) is 4.25. The number of rotatable bonds is 4. The van der Waals surface area contributed by atoms with Crippen LogP contribution in [-0.2, 0) is 0 Å². The fourth-order valence-electron chi connectivity index (χ4n) is 2.32. The number of phenols is 2. The molecule has 3 N–H and O–H groups in total. The molecule has 0 bridgehead atoms. The minimum absolute atomic E-state index is 0.0384. The predicted octanol–water partition coefficient (Wildman–Crippen LogP) is 3.65. The van der Waals surface area contributed by atoms with Crippen LogP contribution in [0.2, 0.25) is 0 Å². The van der Waals surface area contributed by atoms with Crippen molar-refractivity contribution < 1.29 is 14.6 Å². The molecule has 0 fully saturated rings. The molecule has 2 unspecified atom stereocenters. The number of halogens is 1. The standard InChI is InChI=1S/C16H18FNO2/c1-10(12-5-3-6-13(17)9-12)18-11(2)16-14(19)7-4-8-15(16)20/h3-11,18-20H,1-2H3. The lowest BCUT2D eigenvalue weighted by Gasteiger charge is -2.22. The molecule has 0 radical (unpaired) electrons. The van der Waals surface area contributed by atoms with E-state index in [1.807, 2.05) is 19.9 Å². The predicted molar refractivity (Wildman–Crippen MR) is 76.1 cm³/mol. The van der Waals surface area contributed by atoms with E-state index >= 15 is 0 Å². The Labute approximate surface area is 117 Å². The molecule has 20 heavy (non-hydrogen) atoms. The molecule has 2 rings (SSSR count). The molecule has 0 heterocycles. The molecular formula is C16H18FNO2. The zero-order valence-corrected chi connectivity index (χ0v) is 11.5. The number of hydrogen-bond acceptors (Lipinski definition) is 3. The van der Waals surface area contributed by atoms with Gasteiger partial charge in [-0.1, -0.05) is 18.2 Å². The quantitative estimate of drug-likeness (QED) is 0.798. The van der Waals surface area contributed by atoms with Crippen LogP contribution in [0.3, 0.4) is 0 Å². The summed E-state index contributed by atoms with van der Waals surface area (Å²) in [6, 6.07) is 10.6. The second-order valence-corrected chi connectivity index (χ2v) is 4.87. The summed E-state index contributed by atoms with van der Waals surface area (Å²) >= 11 is 0. The van der Waals surface area contributed by atoms with Crippen LogP contribution in [0, 0.1) is 5.82 Å². The summed E-state index contributed by atoms with van der Waals surface area (Å²) < 4.78 is 13.2. The zero-order valence-electron chi connectivity index (χ0n) is 11.5. The highest BCUT2D eigenvalue weighted by Gasteiger charge is 2.17. The van der Waals surface area contributed by atoms with Gasteiger partial charge in [0.15, 0.2) is 0 Å². The third-order valence-electron chi connectivity index (χ3n) is 3.34. The Bertz CT molecular complexity index is 581. The van der Waals surface area contributed by atoms with Crippen LogP contribution in [0.1, 0.15) is 37.1 Å². The van der Waals surface area contributed by atoms with Crippen LogP contribution in [0.4, 0.5) is 4.39 Å². The van der Waals surface area contributed by atoms with E-state index in [9.17, 15) is 14.6 Å². The van der Waals surface area contributed by atoms with Crippen LogP contribution in [0.15, 0.2) is 42.5 Å². The summed E-state index contributed by atoms with van der Waals surface area (Å²) in [4.78, 5) is 0. The van der Waals surface area contributed by atoms with Gasteiger partial charge < -0.3 is 15.5 Å². The van der Waals surface area contributed by atoms with E-state index < -0.39 is 0 Å². The molecule has 3 nitrogen and oxygen atoms in total. The van der Waals surface area contributed by atoms with E-state index in [2.05, 4.69) is 5.32 Å². The van der Waals surface area contributed by atoms with Crippen LogP contribution in [-0.4, -0.2) is 10.2 Å². The number of hydrogen-bond donors (Lipinski definition) is 3. The van der Waals surface area contributed by atoms with Crippen molar-refractivity contribution >= 4 is 0 Å². The monoisotopic (exact) mass is 275 g/mol. The van der Waals surface area contributed by atoms with Gasteiger partial charge in [-0.15, -0.1) is 0 Å². The molecule has 2 aromatic rings. The van der Waals surface area contributed by atoms with Crippen molar-refractivity contribution in [3.8, 4) is 11.5 Å². The highest BCUT2D eigenvalue weighted by Crippen LogP contribution is 2.33. The zero-order chi connectivity index (χ0) is 14.7. The number of benzene rings is 2. The van der Waals surface area contributed by atoms with Gasteiger partial charge in [-0.2, -0.15) is 0 Å². The van der Waals surface area contributed by atoms with Gasteiger partial charge in [0.25, 0.3) is 0 Å². The first-order valence-corrected chi connectivity index (χ1v) is 6.51. The van der Waals surface area contributed by atoms with E-state index in [1.165, 1.54) is 24.3 Å². The van der Waals surface area contributed by atoms with Gasteiger partial charge in [-0.25, -0.2) is 4.39 Å². The molecular weight excluding hydrogens is 257 g/mol. The third kappa shape index (κ3) is 3.08. The minimum atomic E-state index is -0.283. The molecule has 0 spiro atoms. The van der Waals surface area contributed by atoms with Crippen LogP contribution >= 0.6 is 0 Å². The molecule has 2 aromatic carbocycles. The summed E-state index contributed by atoms with van der Waals surface area (Å²) in [5.41, 5.74) is 1.25. The molecule has 0 amide bonds. The Morgan fingerprint density at radius 2 is 1.55 bits per heavy atom. The summed E-state index contributed by atoms with van der Waals surface area (Å²) in [6.45, 7) is 3.74. The largest absolute Gasteiger partial charge is 0.507 e. The summed E-state index contributed by atoms with van der Waals surface area (Å²) in [5, 5.41) is 22.9. The first kappa shape index (κ1) is 14.3. The van der Waals surface area contributed by atoms with Crippen molar-refractivity contribution in [3.63, 3.8) is 0 Å². The average molecular weight is 275 g/mol. The lowest BCUT2D eigenvalue weighted by Crippen LogP contribution is -2.22. The van der Waals surface area contributed by atoms with Gasteiger partial charge >= 0.3 is 0 Å². The first-order chi connectivity index (χ1) is 9.49. The van der Waals surface area contributed by atoms with Crippen molar-refractivity contribution in [1.29, 1.82) is 0 Å². The maximum absolute atomic E-state index is 13.2. The number of nitrogens with one attached hydrogen (secondary N) is 1. The van der Waals surface area contributed by atoms with Gasteiger partial charge in [0.05, 0.1) is 5.56 Å².